The predicted molar refractivity (Wildman–Crippen MR) is 105 cm³/mol. The zero-order chi connectivity index (χ0) is 17.5. The molecule has 1 aromatic carbocycles. The number of aliphatic hydroxyl groups excluding tert-OH is 1. The fourth-order valence-electron chi connectivity index (χ4n) is 2.40. The van der Waals surface area contributed by atoms with Crippen LogP contribution in [0.25, 0.3) is 0 Å². The maximum Gasteiger partial charge on any atom is 0.129 e. The summed E-state index contributed by atoms with van der Waals surface area (Å²) in [6.07, 6.45) is 7.37. The van der Waals surface area contributed by atoms with Crippen molar-refractivity contribution in [2.24, 2.45) is 4.99 Å². The summed E-state index contributed by atoms with van der Waals surface area (Å²) in [5.74, 6) is 1.74. The minimum absolute atomic E-state index is 0.0104. The second-order valence-electron chi connectivity index (χ2n) is 5.43. The smallest absolute Gasteiger partial charge is 0.129 e. The molecule has 2 rings (SSSR count). The molecule has 0 radical (unpaired) electrons. The number of thioether (sulfide) groups is 1. The van der Waals surface area contributed by atoms with Gasteiger partial charge in [-0.1, -0.05) is 31.4 Å². The molecule has 2 N–H and O–H groups in total. The van der Waals surface area contributed by atoms with E-state index < -0.39 is 0 Å². The fourth-order valence-corrected chi connectivity index (χ4v) is 2.92. The number of anilines is 1. The van der Waals surface area contributed by atoms with Crippen molar-refractivity contribution < 1.29 is 5.11 Å². The number of likely N-dealkylation sites (N-methyl/N-ethyl adjacent to an activating group) is 1. The van der Waals surface area contributed by atoms with Gasteiger partial charge >= 0.3 is 0 Å². The number of aliphatic hydroxyl groups is 1. The molecule has 4 nitrogen and oxygen atoms in total. The van der Waals surface area contributed by atoms with E-state index >= 15 is 0 Å². The summed E-state index contributed by atoms with van der Waals surface area (Å²) < 4.78 is 0. The van der Waals surface area contributed by atoms with E-state index in [9.17, 15) is 5.11 Å². The molecule has 0 bridgehead atoms. The summed E-state index contributed by atoms with van der Waals surface area (Å²) in [6.45, 7) is 7.83. The first-order valence-electron chi connectivity index (χ1n) is 7.58. The summed E-state index contributed by atoms with van der Waals surface area (Å²) in [4.78, 5) is 6.47. The van der Waals surface area contributed by atoms with Crippen LogP contribution in [0.2, 0.25) is 0 Å². The Kier molecular flexibility index (Phi) is 6.32. The average molecular weight is 341 g/mol. The number of amidine groups is 1. The van der Waals surface area contributed by atoms with Crippen molar-refractivity contribution in [1.29, 1.82) is 0 Å². The molecule has 0 saturated heterocycles. The molecule has 0 fully saturated rings. The Bertz CT molecular complexity index is 719. The van der Waals surface area contributed by atoms with E-state index in [4.69, 9.17) is 0 Å². The van der Waals surface area contributed by atoms with Crippen LogP contribution < -0.4 is 5.32 Å². The van der Waals surface area contributed by atoms with Crippen molar-refractivity contribution >= 4 is 23.3 Å². The van der Waals surface area contributed by atoms with Crippen molar-refractivity contribution in [3.05, 3.63) is 78.2 Å². The van der Waals surface area contributed by atoms with Gasteiger partial charge in [0.15, 0.2) is 0 Å². The van der Waals surface area contributed by atoms with Crippen LogP contribution in [0.3, 0.4) is 0 Å². The number of hydrogen-bond acceptors (Lipinski definition) is 5. The molecule has 0 aromatic heterocycles. The first-order valence-corrected chi connectivity index (χ1v) is 8.98. The van der Waals surface area contributed by atoms with Crippen molar-refractivity contribution in [3.63, 3.8) is 0 Å². The van der Waals surface area contributed by atoms with Gasteiger partial charge in [-0.25, -0.2) is 4.99 Å². The number of rotatable bonds is 6. The summed E-state index contributed by atoms with van der Waals surface area (Å²) >= 11 is 1.79. The maximum atomic E-state index is 9.84. The Balaban J connectivity index is 2.25. The van der Waals surface area contributed by atoms with E-state index in [1.54, 1.807) is 23.9 Å². The van der Waals surface area contributed by atoms with Crippen LogP contribution in [0, 0.1) is 0 Å². The van der Waals surface area contributed by atoms with Gasteiger partial charge in [-0.3, -0.25) is 0 Å². The molecule has 0 unspecified atom stereocenters. The average Bonchev–Trinajstić information content (AvgIpc) is 2.55. The first-order chi connectivity index (χ1) is 11.5. The van der Waals surface area contributed by atoms with Crippen LogP contribution in [0.1, 0.15) is 5.56 Å². The number of hydrogen-bond donors (Lipinski definition) is 2. The minimum atomic E-state index is 0.0104. The summed E-state index contributed by atoms with van der Waals surface area (Å²) in [7, 11) is 1.92. The van der Waals surface area contributed by atoms with Crippen molar-refractivity contribution in [2.45, 2.75) is 5.75 Å². The van der Waals surface area contributed by atoms with E-state index in [1.165, 1.54) is 5.56 Å². The van der Waals surface area contributed by atoms with E-state index in [1.807, 2.05) is 30.2 Å². The summed E-state index contributed by atoms with van der Waals surface area (Å²) in [6, 6.07) is 8.28. The lowest BCUT2D eigenvalue weighted by Crippen LogP contribution is -2.28. The number of aliphatic imine (C=N–C) groups is 1. The molecule has 0 saturated carbocycles. The largest absolute Gasteiger partial charge is 0.508 e. The van der Waals surface area contributed by atoms with Crippen LogP contribution in [-0.4, -0.2) is 35.8 Å². The standard InChI is InChI=1S/C19H23N3OS/c1-5-7-17(14(2)23)18-11-19(20-13-22(18)3)21-16-9-6-8-15(10-16)12-24-4/h5-11,23H,1-2,12-13H2,3-4H3,(H,20,21)/b17-7+. The van der Waals surface area contributed by atoms with E-state index in [0.29, 0.717) is 12.2 Å². The van der Waals surface area contributed by atoms with Crippen LogP contribution >= 0.6 is 11.8 Å². The molecule has 126 valence electrons. The van der Waals surface area contributed by atoms with Crippen LogP contribution in [0.4, 0.5) is 5.69 Å². The molecule has 24 heavy (non-hydrogen) atoms. The van der Waals surface area contributed by atoms with Crippen molar-refractivity contribution in [3.8, 4) is 0 Å². The second kappa shape index (κ2) is 8.45. The molecule has 1 aliphatic rings. The highest BCUT2D eigenvalue weighted by Gasteiger charge is 2.17. The van der Waals surface area contributed by atoms with Gasteiger partial charge in [0.05, 0.1) is 5.70 Å². The second-order valence-corrected chi connectivity index (χ2v) is 6.30. The predicted octanol–water partition coefficient (Wildman–Crippen LogP) is 4.33. The first kappa shape index (κ1) is 17.9. The Hall–Kier alpha value is -2.40. The topological polar surface area (TPSA) is 47.9 Å². The fraction of sp³-hybridized carbons (Fsp3) is 0.211. The Morgan fingerprint density at radius 1 is 1.50 bits per heavy atom. The highest BCUT2D eigenvalue weighted by molar-refractivity contribution is 7.97. The van der Waals surface area contributed by atoms with Crippen LogP contribution in [0.5, 0.6) is 0 Å². The van der Waals surface area contributed by atoms with Gasteiger partial charge in [0.2, 0.25) is 0 Å². The lowest BCUT2D eigenvalue weighted by molar-refractivity contribution is 0.398. The molecule has 0 spiro atoms. The van der Waals surface area contributed by atoms with E-state index in [0.717, 1.165) is 23.0 Å². The molecule has 0 aliphatic carbocycles. The number of nitrogens with zero attached hydrogens (tertiary/aromatic N) is 2. The summed E-state index contributed by atoms with van der Waals surface area (Å²) in [5, 5.41) is 13.2. The van der Waals surface area contributed by atoms with Gasteiger partial charge in [0.1, 0.15) is 18.3 Å². The molecule has 0 amide bonds. The van der Waals surface area contributed by atoms with Gasteiger partial charge in [-0.2, -0.15) is 11.8 Å². The highest BCUT2D eigenvalue weighted by Crippen LogP contribution is 2.23. The molecule has 1 aliphatic heterocycles. The monoisotopic (exact) mass is 341 g/mol. The van der Waals surface area contributed by atoms with Crippen LogP contribution in [-0.2, 0) is 5.75 Å². The SMILES string of the molecule is C=C/C=C(\C(=C)O)C1=CC(Nc2cccc(CSC)c2)=NCN1C. The van der Waals surface area contributed by atoms with Gasteiger partial charge in [0.25, 0.3) is 0 Å². The van der Waals surface area contributed by atoms with Gasteiger partial charge in [-0.15, -0.1) is 0 Å². The molecular formula is C19H23N3OS. The molecular weight excluding hydrogens is 318 g/mol. The normalized spacial score (nSPS) is 14.8. The summed E-state index contributed by atoms with van der Waals surface area (Å²) in [5.41, 5.74) is 3.75. The highest BCUT2D eigenvalue weighted by atomic mass is 32.2. The van der Waals surface area contributed by atoms with Crippen molar-refractivity contribution in [1.82, 2.24) is 4.90 Å². The minimum Gasteiger partial charge on any atom is -0.508 e. The number of nitrogens with one attached hydrogen (secondary N) is 1. The lowest BCUT2D eigenvalue weighted by Gasteiger charge is -2.27. The third-order valence-electron chi connectivity index (χ3n) is 3.52. The number of benzene rings is 1. The zero-order valence-corrected chi connectivity index (χ0v) is 14.9. The number of allylic oxidation sites excluding steroid dienone is 2. The lowest BCUT2D eigenvalue weighted by atomic mass is 10.1. The molecule has 1 aromatic rings. The molecule has 5 heteroatoms. The van der Waals surface area contributed by atoms with E-state index in [-0.39, 0.29) is 5.76 Å². The van der Waals surface area contributed by atoms with E-state index in [2.05, 4.69) is 41.9 Å². The van der Waals surface area contributed by atoms with Gasteiger partial charge < -0.3 is 15.3 Å². The Morgan fingerprint density at radius 3 is 2.96 bits per heavy atom. The maximum absolute atomic E-state index is 9.84. The Morgan fingerprint density at radius 2 is 2.29 bits per heavy atom. The quantitative estimate of drug-likeness (QED) is 0.597. The zero-order valence-electron chi connectivity index (χ0n) is 14.1. The Labute approximate surface area is 148 Å². The molecule has 1 heterocycles. The van der Waals surface area contributed by atoms with Gasteiger partial charge in [0, 0.05) is 30.1 Å². The third-order valence-corrected chi connectivity index (χ3v) is 4.14. The molecule has 0 atom stereocenters. The third kappa shape index (κ3) is 4.55. The van der Waals surface area contributed by atoms with Crippen LogP contribution in [0.15, 0.2) is 77.7 Å². The van der Waals surface area contributed by atoms with Gasteiger partial charge in [-0.05, 0) is 30.0 Å². The van der Waals surface area contributed by atoms with Crippen molar-refractivity contribution in [2.75, 3.05) is 25.3 Å².